The van der Waals surface area contributed by atoms with Crippen LogP contribution < -0.4 is 5.54 Å². The maximum atomic E-state index is 11.5. The van der Waals surface area contributed by atoms with Crippen LogP contribution in [0.5, 0.6) is 0 Å². The first-order valence-corrected chi connectivity index (χ1v) is 3.97. The fraction of sp³-hybridized carbons (Fsp3) is 0.625. The largest absolute Gasteiger partial charge is 0.502 e. The second kappa shape index (κ2) is 7.54. The quantitative estimate of drug-likeness (QED) is 0.370. The van der Waals surface area contributed by atoms with Crippen LogP contribution in [0.3, 0.4) is 0 Å². The zero-order valence-electron chi connectivity index (χ0n) is 7.59. The van der Waals surface area contributed by atoms with E-state index in [2.05, 4.69) is 6.58 Å². The topological polar surface area (TPSA) is 47.6 Å². The monoisotopic (exact) mass is 191 g/mol. The lowest BCUT2D eigenvalue weighted by molar-refractivity contribution is -0.136. The summed E-state index contributed by atoms with van der Waals surface area (Å²) in [6.45, 7) is 5.66. The summed E-state index contributed by atoms with van der Waals surface area (Å²) >= 11 is 0. The first-order valence-electron chi connectivity index (χ1n) is 3.97. The molecule has 0 spiro atoms. The van der Waals surface area contributed by atoms with Crippen molar-refractivity contribution in [2.24, 2.45) is 0 Å². The maximum absolute atomic E-state index is 11.5. The Morgan fingerprint density at radius 2 is 2.38 bits per heavy atom. The van der Waals surface area contributed by atoms with Crippen LogP contribution in [-0.4, -0.2) is 25.2 Å². The predicted molar refractivity (Wildman–Crippen MR) is 45.4 cm³/mol. The van der Waals surface area contributed by atoms with Gasteiger partial charge in [-0.05, 0) is 6.92 Å². The van der Waals surface area contributed by atoms with Crippen LogP contribution >= 0.6 is 0 Å². The third-order valence-corrected chi connectivity index (χ3v) is 1.35. The Labute approximate surface area is 76.6 Å². The van der Waals surface area contributed by atoms with Crippen LogP contribution in [0.2, 0.25) is 0 Å². The normalized spacial score (nSPS) is 11.8. The molecule has 0 radical (unpaired) electrons. The van der Waals surface area contributed by atoms with E-state index in [0.29, 0.717) is 19.6 Å². The Hall–Kier alpha value is -1.10. The molecule has 1 unspecified atom stereocenters. The molecule has 13 heavy (non-hydrogen) atoms. The summed E-state index contributed by atoms with van der Waals surface area (Å²) in [6, 6.07) is 0. The zero-order valence-corrected chi connectivity index (χ0v) is 7.59. The molecule has 1 atom stereocenters. The summed E-state index contributed by atoms with van der Waals surface area (Å²) in [7, 11) is 0. The van der Waals surface area contributed by atoms with Crippen LogP contribution in [0.4, 0.5) is 4.48 Å². The third-order valence-electron chi connectivity index (χ3n) is 1.35. The lowest BCUT2D eigenvalue weighted by atomic mass is 10.4. The van der Waals surface area contributed by atoms with Crippen molar-refractivity contribution in [3.05, 3.63) is 12.8 Å². The summed E-state index contributed by atoms with van der Waals surface area (Å²) in [4.78, 5) is 10.6. The minimum Gasteiger partial charge on any atom is -0.502 e. The lowest BCUT2D eigenvalue weighted by Crippen LogP contribution is -2.29. The summed E-state index contributed by atoms with van der Waals surface area (Å²) < 4.78 is 21.3. The number of ether oxygens (including phenoxy) is 2. The molecule has 0 aromatic carbocycles. The lowest BCUT2D eigenvalue weighted by Gasteiger charge is -2.09. The number of hydrogen-bond acceptors (Lipinski definition) is 3. The van der Waals surface area contributed by atoms with E-state index in [4.69, 9.17) is 9.47 Å². The number of halogens is 1. The Bertz CT molecular complexity index is 163. The Morgan fingerprint density at radius 1 is 1.69 bits per heavy atom. The molecule has 4 nitrogen and oxygen atoms in total. The minimum absolute atomic E-state index is 0.350. The van der Waals surface area contributed by atoms with E-state index in [1.807, 2.05) is 0 Å². The van der Waals surface area contributed by atoms with Gasteiger partial charge in [-0.1, -0.05) is 6.58 Å². The molecule has 0 saturated carbocycles. The average Bonchev–Trinajstić information content (AvgIpc) is 2.16. The van der Waals surface area contributed by atoms with E-state index in [1.165, 1.54) is 13.2 Å². The summed E-state index contributed by atoms with van der Waals surface area (Å²) in [5, 5.41) is 0. The first kappa shape index (κ1) is 11.9. The standard InChI is InChI=1S/C8H14FNO3/c1-3-12-5-4-6-13-7(2)8(11)10-9/h3,7H,1,4-6H2,2H3,(H,10,11). The molecule has 0 bridgehead atoms. The van der Waals surface area contributed by atoms with Crippen molar-refractivity contribution in [1.82, 2.24) is 5.54 Å². The molecule has 0 aliphatic rings. The summed E-state index contributed by atoms with van der Waals surface area (Å²) in [5.41, 5.74) is 1.01. The Balaban J connectivity index is 3.31. The van der Waals surface area contributed by atoms with Crippen LogP contribution in [0.15, 0.2) is 12.8 Å². The molecular weight excluding hydrogens is 177 g/mol. The van der Waals surface area contributed by atoms with Gasteiger partial charge in [0.15, 0.2) is 0 Å². The smallest absolute Gasteiger partial charge is 0.276 e. The molecule has 0 aromatic rings. The predicted octanol–water partition coefficient (Wildman–Crippen LogP) is 0.942. The van der Waals surface area contributed by atoms with Crippen LogP contribution in [-0.2, 0) is 14.3 Å². The van der Waals surface area contributed by atoms with E-state index in [0.717, 1.165) is 5.54 Å². The second-order valence-corrected chi connectivity index (χ2v) is 2.36. The number of nitrogens with one attached hydrogen (secondary N) is 1. The van der Waals surface area contributed by atoms with Gasteiger partial charge in [-0.15, -0.1) is 4.48 Å². The molecule has 0 saturated heterocycles. The van der Waals surface area contributed by atoms with E-state index in [1.54, 1.807) is 0 Å². The highest BCUT2D eigenvalue weighted by atomic mass is 19.2. The van der Waals surface area contributed by atoms with Gasteiger partial charge in [0, 0.05) is 6.42 Å². The fourth-order valence-corrected chi connectivity index (χ4v) is 0.638. The van der Waals surface area contributed by atoms with Gasteiger partial charge in [-0.25, -0.2) is 0 Å². The van der Waals surface area contributed by atoms with Crippen molar-refractivity contribution in [3.63, 3.8) is 0 Å². The zero-order chi connectivity index (χ0) is 10.1. The van der Waals surface area contributed by atoms with Crippen LogP contribution in [0, 0.1) is 0 Å². The molecule has 1 amide bonds. The van der Waals surface area contributed by atoms with E-state index in [-0.39, 0.29) is 0 Å². The van der Waals surface area contributed by atoms with Gasteiger partial charge in [0.1, 0.15) is 6.10 Å². The van der Waals surface area contributed by atoms with Crippen molar-refractivity contribution in [2.45, 2.75) is 19.4 Å². The van der Waals surface area contributed by atoms with Crippen molar-refractivity contribution >= 4 is 5.91 Å². The molecule has 0 heterocycles. The molecule has 1 N–H and O–H groups in total. The maximum Gasteiger partial charge on any atom is 0.276 e. The molecule has 0 aliphatic heterocycles. The van der Waals surface area contributed by atoms with Crippen molar-refractivity contribution in [1.29, 1.82) is 0 Å². The van der Waals surface area contributed by atoms with E-state index >= 15 is 0 Å². The van der Waals surface area contributed by atoms with Crippen molar-refractivity contribution in [2.75, 3.05) is 13.2 Å². The average molecular weight is 191 g/mol. The van der Waals surface area contributed by atoms with Gasteiger partial charge in [0.05, 0.1) is 19.5 Å². The highest BCUT2D eigenvalue weighted by Crippen LogP contribution is 1.93. The van der Waals surface area contributed by atoms with E-state index < -0.39 is 12.0 Å². The van der Waals surface area contributed by atoms with Gasteiger partial charge in [-0.3, -0.25) is 4.79 Å². The Kier molecular flexibility index (Phi) is 6.91. The van der Waals surface area contributed by atoms with E-state index in [9.17, 15) is 9.28 Å². The summed E-state index contributed by atoms with van der Waals surface area (Å²) in [5.74, 6) is -0.773. The molecule has 0 rings (SSSR count). The summed E-state index contributed by atoms with van der Waals surface area (Å²) in [6.07, 6.45) is 1.20. The minimum atomic E-state index is -0.773. The van der Waals surface area contributed by atoms with Crippen LogP contribution in [0.1, 0.15) is 13.3 Å². The fourth-order valence-electron chi connectivity index (χ4n) is 0.638. The molecular formula is C8H14FNO3. The molecule has 0 aliphatic carbocycles. The van der Waals surface area contributed by atoms with Crippen molar-refractivity contribution < 1.29 is 18.7 Å². The van der Waals surface area contributed by atoms with Gasteiger partial charge in [-0.2, -0.15) is 5.54 Å². The SMILES string of the molecule is C=COCCCOC(C)C(=O)NF. The Morgan fingerprint density at radius 3 is 2.92 bits per heavy atom. The molecule has 0 fully saturated rings. The first-order chi connectivity index (χ1) is 6.22. The molecule has 5 heteroatoms. The van der Waals surface area contributed by atoms with Gasteiger partial charge >= 0.3 is 0 Å². The number of amides is 1. The third kappa shape index (κ3) is 6.10. The van der Waals surface area contributed by atoms with Gasteiger partial charge in [0.25, 0.3) is 5.91 Å². The number of rotatable bonds is 7. The highest BCUT2D eigenvalue weighted by Gasteiger charge is 2.11. The van der Waals surface area contributed by atoms with Crippen molar-refractivity contribution in [3.8, 4) is 0 Å². The number of carbonyl (C=O) groups is 1. The second-order valence-electron chi connectivity index (χ2n) is 2.36. The number of hydrogen-bond donors (Lipinski definition) is 1. The van der Waals surface area contributed by atoms with Gasteiger partial charge in [0.2, 0.25) is 0 Å². The highest BCUT2D eigenvalue weighted by molar-refractivity contribution is 5.79. The number of carbonyl (C=O) groups excluding carboxylic acids is 1. The molecule has 0 aromatic heterocycles. The van der Waals surface area contributed by atoms with Crippen LogP contribution in [0.25, 0.3) is 0 Å². The molecule has 76 valence electrons. The van der Waals surface area contributed by atoms with Gasteiger partial charge < -0.3 is 9.47 Å².